The van der Waals surface area contributed by atoms with E-state index in [0.29, 0.717) is 12.7 Å². The maximum absolute atomic E-state index is 9.38. The van der Waals surface area contributed by atoms with Gasteiger partial charge in [0.25, 0.3) is 0 Å². The topological polar surface area (TPSA) is 60.7 Å². The van der Waals surface area contributed by atoms with Gasteiger partial charge in [0.1, 0.15) is 12.4 Å². The Bertz CT molecular complexity index is 214. The van der Waals surface area contributed by atoms with E-state index in [-0.39, 0.29) is 5.76 Å². The summed E-state index contributed by atoms with van der Waals surface area (Å²) in [5, 5.41) is 26.9. The van der Waals surface area contributed by atoms with Gasteiger partial charge >= 0.3 is 0 Å². The molecule has 3 heteroatoms. The van der Waals surface area contributed by atoms with Crippen molar-refractivity contribution in [2.24, 2.45) is 0 Å². The largest absolute Gasteiger partial charge is 0.512 e. The number of aliphatic hydroxyl groups excluding tert-OH is 3. The van der Waals surface area contributed by atoms with Crippen molar-refractivity contribution in [2.45, 2.75) is 90.1 Å². The zero-order valence-electron chi connectivity index (χ0n) is 12.5. The van der Waals surface area contributed by atoms with E-state index in [1.807, 2.05) is 0 Å². The van der Waals surface area contributed by atoms with Crippen molar-refractivity contribution in [1.82, 2.24) is 0 Å². The second kappa shape index (κ2) is 13.7. The SMILES string of the molecule is CCCCCCCCCCCCCC(O)C(O)=CO. The minimum Gasteiger partial charge on any atom is -0.512 e. The second-order valence-electron chi connectivity index (χ2n) is 5.39. The van der Waals surface area contributed by atoms with Crippen molar-refractivity contribution in [3.8, 4) is 0 Å². The maximum Gasteiger partial charge on any atom is 0.155 e. The molecule has 0 saturated carbocycles. The first-order chi connectivity index (χ1) is 9.22. The lowest BCUT2D eigenvalue weighted by molar-refractivity contribution is 0.134. The monoisotopic (exact) mass is 272 g/mol. The van der Waals surface area contributed by atoms with Crippen LogP contribution in [0.15, 0.2) is 12.0 Å². The Labute approximate surface area is 118 Å². The summed E-state index contributed by atoms with van der Waals surface area (Å²) in [5.41, 5.74) is 0. The lowest BCUT2D eigenvalue weighted by Gasteiger charge is -2.08. The molecule has 0 bridgehead atoms. The van der Waals surface area contributed by atoms with Gasteiger partial charge in [0.2, 0.25) is 0 Å². The van der Waals surface area contributed by atoms with Crippen LogP contribution in [-0.4, -0.2) is 21.4 Å². The maximum atomic E-state index is 9.38. The molecule has 0 aliphatic carbocycles. The molecule has 0 aromatic heterocycles. The van der Waals surface area contributed by atoms with E-state index in [9.17, 15) is 5.11 Å². The average Bonchev–Trinajstić information content (AvgIpc) is 2.43. The van der Waals surface area contributed by atoms with Crippen molar-refractivity contribution >= 4 is 0 Å². The number of rotatable bonds is 13. The molecule has 0 saturated heterocycles. The molecule has 0 spiro atoms. The fourth-order valence-corrected chi connectivity index (χ4v) is 2.24. The molecule has 1 atom stereocenters. The van der Waals surface area contributed by atoms with Gasteiger partial charge in [0, 0.05) is 0 Å². The van der Waals surface area contributed by atoms with Gasteiger partial charge in [0.15, 0.2) is 5.76 Å². The van der Waals surface area contributed by atoms with E-state index in [2.05, 4.69) is 6.92 Å². The van der Waals surface area contributed by atoms with Crippen LogP contribution in [0.2, 0.25) is 0 Å². The van der Waals surface area contributed by atoms with Gasteiger partial charge in [-0.3, -0.25) is 0 Å². The first kappa shape index (κ1) is 18.3. The van der Waals surface area contributed by atoms with E-state index in [0.717, 1.165) is 12.8 Å². The highest BCUT2D eigenvalue weighted by atomic mass is 16.3. The molecule has 0 aromatic carbocycles. The van der Waals surface area contributed by atoms with Crippen LogP contribution in [0.3, 0.4) is 0 Å². The summed E-state index contributed by atoms with van der Waals surface area (Å²) in [7, 11) is 0. The summed E-state index contributed by atoms with van der Waals surface area (Å²) in [6.45, 7) is 2.24. The molecule has 0 radical (unpaired) electrons. The Morgan fingerprint density at radius 1 is 0.842 bits per heavy atom. The average molecular weight is 272 g/mol. The summed E-state index contributed by atoms with van der Waals surface area (Å²) in [6, 6.07) is 0. The normalized spacial score (nSPS) is 13.7. The highest BCUT2D eigenvalue weighted by Crippen LogP contribution is 2.13. The number of aliphatic hydroxyl groups is 3. The van der Waals surface area contributed by atoms with E-state index in [1.54, 1.807) is 0 Å². The molecule has 19 heavy (non-hydrogen) atoms. The van der Waals surface area contributed by atoms with Gasteiger partial charge in [-0.2, -0.15) is 0 Å². The van der Waals surface area contributed by atoms with Crippen LogP contribution in [-0.2, 0) is 0 Å². The number of hydrogen-bond acceptors (Lipinski definition) is 3. The standard InChI is InChI=1S/C16H32O3/c1-2-3-4-5-6-7-8-9-10-11-12-13-15(18)16(19)14-17/h14-15,17-19H,2-13H2,1H3. The van der Waals surface area contributed by atoms with Crippen LogP contribution in [0, 0.1) is 0 Å². The first-order valence-corrected chi connectivity index (χ1v) is 7.93. The molecule has 3 N–H and O–H groups in total. The predicted octanol–water partition coefficient (Wildman–Crippen LogP) is 5.01. The quantitative estimate of drug-likeness (QED) is 0.326. The van der Waals surface area contributed by atoms with Gasteiger partial charge in [0.05, 0.1) is 0 Å². The predicted molar refractivity (Wildman–Crippen MR) is 80.4 cm³/mol. The Hall–Kier alpha value is -0.700. The molecular weight excluding hydrogens is 240 g/mol. The highest BCUT2D eigenvalue weighted by molar-refractivity contribution is 4.91. The van der Waals surface area contributed by atoms with Crippen molar-refractivity contribution in [3.63, 3.8) is 0 Å². The van der Waals surface area contributed by atoms with Gasteiger partial charge < -0.3 is 15.3 Å². The van der Waals surface area contributed by atoms with Crippen LogP contribution >= 0.6 is 0 Å². The smallest absolute Gasteiger partial charge is 0.155 e. The third kappa shape index (κ3) is 12.1. The second-order valence-corrected chi connectivity index (χ2v) is 5.39. The van der Waals surface area contributed by atoms with Gasteiger partial charge in [-0.05, 0) is 6.42 Å². The Kier molecular flexibility index (Phi) is 13.2. The Morgan fingerprint density at radius 3 is 1.68 bits per heavy atom. The zero-order chi connectivity index (χ0) is 14.3. The molecule has 0 aliphatic heterocycles. The summed E-state index contributed by atoms with van der Waals surface area (Å²) in [5.74, 6) is -0.327. The zero-order valence-corrected chi connectivity index (χ0v) is 12.5. The summed E-state index contributed by atoms with van der Waals surface area (Å²) in [4.78, 5) is 0. The third-order valence-corrected chi connectivity index (χ3v) is 3.55. The van der Waals surface area contributed by atoms with Crippen molar-refractivity contribution in [2.75, 3.05) is 0 Å². The van der Waals surface area contributed by atoms with Gasteiger partial charge in [-0.1, -0.05) is 77.6 Å². The minimum atomic E-state index is -0.899. The third-order valence-electron chi connectivity index (χ3n) is 3.55. The molecule has 3 nitrogen and oxygen atoms in total. The van der Waals surface area contributed by atoms with Crippen molar-refractivity contribution in [3.05, 3.63) is 12.0 Å². The van der Waals surface area contributed by atoms with E-state index in [1.165, 1.54) is 57.8 Å². The lowest BCUT2D eigenvalue weighted by atomic mass is 10.0. The highest BCUT2D eigenvalue weighted by Gasteiger charge is 2.08. The van der Waals surface area contributed by atoms with Gasteiger partial charge in [-0.15, -0.1) is 0 Å². The summed E-state index contributed by atoms with van der Waals surface area (Å²) < 4.78 is 0. The molecule has 0 rings (SSSR count). The molecule has 114 valence electrons. The fraction of sp³-hybridized carbons (Fsp3) is 0.875. The molecule has 0 aromatic rings. The number of hydrogen-bond donors (Lipinski definition) is 3. The Morgan fingerprint density at radius 2 is 1.26 bits per heavy atom. The number of unbranched alkanes of at least 4 members (excludes halogenated alkanes) is 10. The van der Waals surface area contributed by atoms with Crippen LogP contribution in [0.4, 0.5) is 0 Å². The van der Waals surface area contributed by atoms with Crippen LogP contribution in [0.5, 0.6) is 0 Å². The molecule has 0 aliphatic rings. The van der Waals surface area contributed by atoms with Crippen LogP contribution in [0.1, 0.15) is 84.0 Å². The van der Waals surface area contributed by atoms with Crippen LogP contribution in [0.25, 0.3) is 0 Å². The van der Waals surface area contributed by atoms with Gasteiger partial charge in [-0.25, -0.2) is 0 Å². The van der Waals surface area contributed by atoms with Crippen LogP contribution < -0.4 is 0 Å². The molecular formula is C16H32O3. The lowest BCUT2D eigenvalue weighted by Crippen LogP contribution is -2.09. The van der Waals surface area contributed by atoms with Crippen molar-refractivity contribution in [1.29, 1.82) is 0 Å². The summed E-state index contributed by atoms with van der Waals surface area (Å²) >= 11 is 0. The van der Waals surface area contributed by atoms with E-state index >= 15 is 0 Å². The molecule has 0 amide bonds. The van der Waals surface area contributed by atoms with E-state index in [4.69, 9.17) is 10.2 Å². The molecule has 0 heterocycles. The summed E-state index contributed by atoms with van der Waals surface area (Å²) in [6.07, 6.45) is 14.1. The molecule has 1 unspecified atom stereocenters. The first-order valence-electron chi connectivity index (χ1n) is 7.93. The fourth-order valence-electron chi connectivity index (χ4n) is 2.24. The Balaban J connectivity index is 3.15. The van der Waals surface area contributed by atoms with E-state index < -0.39 is 6.10 Å². The molecule has 0 fully saturated rings. The van der Waals surface area contributed by atoms with Crippen molar-refractivity contribution < 1.29 is 15.3 Å². The minimum absolute atomic E-state index is 0.327.